The zero-order chi connectivity index (χ0) is 19.3. The van der Waals surface area contributed by atoms with Gasteiger partial charge < -0.3 is 4.74 Å². The van der Waals surface area contributed by atoms with Crippen LogP contribution in [0.25, 0.3) is 0 Å². The third kappa shape index (κ3) is 4.61. The van der Waals surface area contributed by atoms with Crippen LogP contribution in [0.2, 0.25) is 0 Å². The van der Waals surface area contributed by atoms with E-state index in [0.717, 1.165) is 4.90 Å². The van der Waals surface area contributed by atoms with E-state index < -0.39 is 11.6 Å². The smallest absolute Gasteiger partial charge is 0.339 e. The lowest BCUT2D eigenvalue weighted by Crippen LogP contribution is -2.25. The SMILES string of the molecule is C#CC(C)(C)OC(=O)c1ccc([S+](c2ccccc2)c2ccccc2)cc1. The number of benzene rings is 3. The highest BCUT2D eigenvalue weighted by molar-refractivity contribution is 7.97. The predicted molar refractivity (Wildman–Crippen MR) is 110 cm³/mol. The molecule has 3 aromatic rings. The number of hydrogen-bond donors (Lipinski definition) is 0. The predicted octanol–water partition coefficient (Wildman–Crippen LogP) is 5.35. The Kier molecular flexibility index (Phi) is 5.69. The molecule has 0 heterocycles. The molecule has 0 aliphatic carbocycles. The maximum atomic E-state index is 12.3. The Labute approximate surface area is 163 Å². The van der Waals surface area contributed by atoms with Crippen LogP contribution in [-0.4, -0.2) is 11.6 Å². The van der Waals surface area contributed by atoms with Crippen molar-refractivity contribution in [1.29, 1.82) is 0 Å². The number of esters is 1. The molecule has 0 saturated heterocycles. The van der Waals surface area contributed by atoms with E-state index in [2.05, 4.69) is 30.2 Å². The van der Waals surface area contributed by atoms with Gasteiger partial charge in [0.1, 0.15) is 0 Å². The van der Waals surface area contributed by atoms with Crippen LogP contribution in [0.4, 0.5) is 0 Å². The minimum atomic E-state index is -0.923. The zero-order valence-electron chi connectivity index (χ0n) is 15.4. The monoisotopic (exact) mass is 373 g/mol. The second-order valence-corrected chi connectivity index (χ2v) is 8.53. The van der Waals surface area contributed by atoms with Gasteiger partial charge in [-0.05, 0) is 62.4 Å². The van der Waals surface area contributed by atoms with Crippen molar-refractivity contribution in [3.63, 3.8) is 0 Å². The van der Waals surface area contributed by atoms with Gasteiger partial charge in [-0.25, -0.2) is 4.79 Å². The zero-order valence-corrected chi connectivity index (χ0v) is 16.2. The highest BCUT2D eigenvalue weighted by atomic mass is 32.2. The molecule has 134 valence electrons. The van der Waals surface area contributed by atoms with E-state index in [1.54, 1.807) is 26.0 Å². The summed E-state index contributed by atoms with van der Waals surface area (Å²) >= 11 is 0. The number of rotatable bonds is 5. The summed E-state index contributed by atoms with van der Waals surface area (Å²) in [4.78, 5) is 15.9. The molecule has 0 bridgehead atoms. The molecular formula is C24H21O2S+. The van der Waals surface area contributed by atoms with Gasteiger partial charge >= 0.3 is 5.97 Å². The van der Waals surface area contributed by atoms with Gasteiger partial charge in [0.15, 0.2) is 20.3 Å². The molecule has 3 aromatic carbocycles. The van der Waals surface area contributed by atoms with Crippen LogP contribution < -0.4 is 0 Å². The molecule has 27 heavy (non-hydrogen) atoms. The number of ether oxygens (including phenoxy) is 1. The quantitative estimate of drug-likeness (QED) is 0.342. The Bertz CT molecular complexity index is 900. The molecule has 0 aliphatic heterocycles. The Morgan fingerprint density at radius 2 is 1.26 bits per heavy atom. The summed E-state index contributed by atoms with van der Waals surface area (Å²) in [5, 5.41) is 0. The first-order valence-corrected chi connectivity index (χ1v) is 9.88. The Balaban J connectivity index is 1.93. The Morgan fingerprint density at radius 1 is 0.815 bits per heavy atom. The number of carbonyl (C=O) groups is 1. The molecule has 0 aliphatic rings. The van der Waals surface area contributed by atoms with Crippen LogP contribution in [0, 0.1) is 12.3 Å². The number of terminal acetylenes is 1. The molecule has 0 unspecified atom stereocenters. The van der Waals surface area contributed by atoms with Crippen molar-refractivity contribution >= 4 is 16.9 Å². The van der Waals surface area contributed by atoms with Crippen LogP contribution in [0.3, 0.4) is 0 Å². The third-order valence-electron chi connectivity index (χ3n) is 3.98. The molecule has 0 saturated carbocycles. The van der Waals surface area contributed by atoms with E-state index in [-0.39, 0.29) is 10.9 Å². The molecule has 3 rings (SSSR count). The standard InChI is InChI=1S/C24H21O2S/c1-4-24(2,3)26-23(25)19-15-17-22(18-16-19)27(20-11-7-5-8-12-20)21-13-9-6-10-14-21/h1,5-18H,2-3H3/q+1. The van der Waals surface area contributed by atoms with E-state index in [1.165, 1.54) is 9.79 Å². The normalized spacial score (nSPS) is 11.0. The molecule has 0 atom stereocenters. The van der Waals surface area contributed by atoms with Crippen molar-refractivity contribution in [2.75, 3.05) is 0 Å². The van der Waals surface area contributed by atoms with Crippen LogP contribution in [-0.2, 0) is 15.6 Å². The fraction of sp³-hybridized carbons (Fsp3) is 0.125. The summed E-state index contributed by atoms with van der Waals surface area (Å²) in [6, 6.07) is 28.3. The second-order valence-electron chi connectivity index (χ2n) is 6.50. The van der Waals surface area contributed by atoms with Gasteiger partial charge in [-0.1, -0.05) is 42.3 Å². The van der Waals surface area contributed by atoms with Crippen LogP contribution in [0.15, 0.2) is 99.6 Å². The van der Waals surface area contributed by atoms with Gasteiger partial charge in [-0.15, -0.1) is 6.42 Å². The van der Waals surface area contributed by atoms with Gasteiger partial charge in [0, 0.05) is 0 Å². The molecule has 0 aromatic heterocycles. The average molecular weight is 373 g/mol. The van der Waals surface area contributed by atoms with E-state index in [0.29, 0.717) is 5.56 Å². The Morgan fingerprint density at radius 3 is 1.70 bits per heavy atom. The van der Waals surface area contributed by atoms with Crippen molar-refractivity contribution in [3.05, 3.63) is 90.5 Å². The molecule has 0 fully saturated rings. The highest BCUT2D eigenvalue weighted by Gasteiger charge is 2.29. The number of carbonyl (C=O) groups excluding carboxylic acids is 1. The highest BCUT2D eigenvalue weighted by Crippen LogP contribution is 2.31. The van der Waals surface area contributed by atoms with Crippen LogP contribution >= 0.6 is 0 Å². The first-order valence-electron chi connectivity index (χ1n) is 8.66. The van der Waals surface area contributed by atoms with Gasteiger partial charge in [-0.3, -0.25) is 0 Å². The second kappa shape index (κ2) is 8.16. The summed E-state index contributed by atoms with van der Waals surface area (Å²) in [6.07, 6.45) is 5.40. The van der Waals surface area contributed by atoms with Crippen molar-refractivity contribution in [2.45, 2.75) is 34.1 Å². The van der Waals surface area contributed by atoms with Crippen molar-refractivity contribution in [3.8, 4) is 12.3 Å². The van der Waals surface area contributed by atoms with Crippen molar-refractivity contribution < 1.29 is 9.53 Å². The topological polar surface area (TPSA) is 26.3 Å². The minimum Gasteiger partial charge on any atom is -0.443 e. The minimum absolute atomic E-state index is 0.241. The van der Waals surface area contributed by atoms with Crippen LogP contribution in [0.1, 0.15) is 24.2 Å². The number of hydrogen-bond acceptors (Lipinski definition) is 2. The summed E-state index contributed by atoms with van der Waals surface area (Å²) in [6.45, 7) is 3.39. The lowest BCUT2D eigenvalue weighted by atomic mass is 10.1. The Hall–Kier alpha value is -2.96. The summed E-state index contributed by atoms with van der Waals surface area (Å²) in [5.41, 5.74) is -0.430. The van der Waals surface area contributed by atoms with Gasteiger partial charge in [0.05, 0.1) is 16.5 Å². The fourth-order valence-electron chi connectivity index (χ4n) is 2.57. The first kappa shape index (κ1) is 18.8. The van der Waals surface area contributed by atoms with E-state index in [1.807, 2.05) is 48.5 Å². The lowest BCUT2D eigenvalue weighted by Gasteiger charge is -2.18. The van der Waals surface area contributed by atoms with E-state index in [9.17, 15) is 4.79 Å². The van der Waals surface area contributed by atoms with Crippen molar-refractivity contribution in [1.82, 2.24) is 0 Å². The lowest BCUT2D eigenvalue weighted by molar-refractivity contribution is 0.0204. The van der Waals surface area contributed by atoms with Crippen LogP contribution in [0.5, 0.6) is 0 Å². The summed E-state index contributed by atoms with van der Waals surface area (Å²) in [5.74, 6) is 2.06. The molecule has 0 amide bonds. The van der Waals surface area contributed by atoms with Gasteiger partial charge in [0.2, 0.25) is 0 Å². The molecule has 0 N–H and O–H groups in total. The molecule has 0 spiro atoms. The van der Waals surface area contributed by atoms with E-state index in [4.69, 9.17) is 11.2 Å². The fourth-order valence-corrected chi connectivity index (χ4v) is 4.65. The third-order valence-corrected chi connectivity index (χ3v) is 6.21. The largest absolute Gasteiger partial charge is 0.443 e. The van der Waals surface area contributed by atoms with Gasteiger partial charge in [-0.2, -0.15) is 0 Å². The van der Waals surface area contributed by atoms with E-state index >= 15 is 0 Å². The maximum absolute atomic E-state index is 12.3. The average Bonchev–Trinajstić information content (AvgIpc) is 2.70. The summed E-state index contributed by atoms with van der Waals surface area (Å²) < 4.78 is 5.37. The summed E-state index contributed by atoms with van der Waals surface area (Å²) in [7, 11) is -0.241. The first-order chi connectivity index (χ1) is 13.0. The maximum Gasteiger partial charge on any atom is 0.339 e. The molecule has 0 radical (unpaired) electrons. The molecule has 3 heteroatoms. The molecule has 2 nitrogen and oxygen atoms in total. The molecular weight excluding hydrogens is 352 g/mol. The van der Waals surface area contributed by atoms with Crippen molar-refractivity contribution in [2.24, 2.45) is 0 Å². The van der Waals surface area contributed by atoms with Gasteiger partial charge in [0.25, 0.3) is 0 Å².